The van der Waals surface area contributed by atoms with E-state index in [0.29, 0.717) is 52.8 Å². The zero-order valence-corrected chi connectivity index (χ0v) is 21.4. The van der Waals surface area contributed by atoms with Gasteiger partial charge in [0, 0.05) is 30.1 Å². The number of aromatic nitrogens is 4. The summed E-state index contributed by atoms with van der Waals surface area (Å²) in [5, 5.41) is 16.1. The van der Waals surface area contributed by atoms with Crippen LogP contribution in [0.15, 0.2) is 35.7 Å². The van der Waals surface area contributed by atoms with Crippen molar-refractivity contribution in [3.05, 3.63) is 52.0 Å². The van der Waals surface area contributed by atoms with Crippen molar-refractivity contribution in [3.8, 4) is 17.2 Å². The molecular weight excluding hydrogens is 496 g/mol. The number of nitrogens with one attached hydrogen (secondary N) is 2. The number of piperidine rings is 1. The number of thiazole rings is 1. The number of amides is 2. The van der Waals surface area contributed by atoms with Gasteiger partial charge in [-0.2, -0.15) is 15.4 Å². The first-order chi connectivity index (χ1) is 18.0. The molecule has 2 N–H and O–H groups in total. The second kappa shape index (κ2) is 10.4. The first kappa shape index (κ1) is 24.5. The number of H-pyrrole nitrogens is 1. The SMILES string of the molecule is COc1ccc(C(=O)N2CCC(c3nc(C(=O)Nc4ccc5n[nH]nc5c4)cs3)CC2)c(OC)c1OC. The van der Waals surface area contributed by atoms with Crippen molar-refractivity contribution >= 4 is 39.9 Å². The minimum Gasteiger partial charge on any atom is -0.493 e. The van der Waals surface area contributed by atoms with Crippen LogP contribution in [0.1, 0.15) is 44.6 Å². The summed E-state index contributed by atoms with van der Waals surface area (Å²) >= 11 is 1.47. The third kappa shape index (κ3) is 4.79. The molecule has 5 rings (SSSR count). The maximum absolute atomic E-state index is 13.3. The highest BCUT2D eigenvalue weighted by atomic mass is 32.1. The van der Waals surface area contributed by atoms with Gasteiger partial charge >= 0.3 is 0 Å². The molecule has 0 aliphatic carbocycles. The molecule has 192 valence electrons. The third-order valence-corrected chi connectivity index (χ3v) is 7.40. The lowest BCUT2D eigenvalue weighted by atomic mass is 9.97. The second-order valence-electron chi connectivity index (χ2n) is 8.50. The van der Waals surface area contributed by atoms with Crippen molar-refractivity contribution in [2.24, 2.45) is 0 Å². The molecule has 1 aliphatic heterocycles. The Balaban J connectivity index is 1.22. The van der Waals surface area contributed by atoms with Gasteiger partial charge in [0.1, 0.15) is 16.7 Å². The van der Waals surface area contributed by atoms with E-state index in [4.69, 9.17) is 14.2 Å². The molecule has 2 aromatic heterocycles. The van der Waals surface area contributed by atoms with Crippen LogP contribution >= 0.6 is 11.3 Å². The number of anilines is 1. The summed E-state index contributed by atoms with van der Waals surface area (Å²) in [6.07, 6.45) is 1.50. The Morgan fingerprint density at radius 1 is 1.00 bits per heavy atom. The van der Waals surface area contributed by atoms with Gasteiger partial charge in [-0.25, -0.2) is 4.98 Å². The molecule has 0 spiro atoms. The normalized spacial score (nSPS) is 14.0. The van der Waals surface area contributed by atoms with Gasteiger partial charge in [0.05, 0.1) is 31.9 Å². The molecule has 0 unspecified atom stereocenters. The molecule has 4 aromatic rings. The lowest BCUT2D eigenvalue weighted by Crippen LogP contribution is -2.38. The van der Waals surface area contributed by atoms with Gasteiger partial charge in [-0.15, -0.1) is 11.3 Å². The van der Waals surface area contributed by atoms with E-state index in [9.17, 15) is 9.59 Å². The minimum atomic E-state index is -0.279. The van der Waals surface area contributed by atoms with Gasteiger partial charge in [-0.3, -0.25) is 9.59 Å². The summed E-state index contributed by atoms with van der Waals surface area (Å²) in [5.41, 5.74) is 2.81. The number of methoxy groups -OCH3 is 3. The van der Waals surface area contributed by atoms with Gasteiger partial charge in [0.25, 0.3) is 11.8 Å². The minimum absolute atomic E-state index is 0.125. The quantitative estimate of drug-likeness (QED) is 0.376. The van der Waals surface area contributed by atoms with E-state index in [-0.39, 0.29) is 17.7 Å². The average molecular weight is 523 g/mol. The molecule has 0 radical (unpaired) electrons. The molecular formula is C25H26N6O5S. The average Bonchev–Trinajstić information content (AvgIpc) is 3.61. The zero-order valence-electron chi connectivity index (χ0n) is 20.6. The first-order valence-electron chi connectivity index (χ1n) is 11.7. The van der Waals surface area contributed by atoms with E-state index in [2.05, 4.69) is 25.7 Å². The summed E-state index contributed by atoms with van der Waals surface area (Å²) in [4.78, 5) is 32.4. The summed E-state index contributed by atoms with van der Waals surface area (Å²) < 4.78 is 16.2. The van der Waals surface area contributed by atoms with Crippen molar-refractivity contribution in [3.63, 3.8) is 0 Å². The number of hydrogen-bond acceptors (Lipinski definition) is 9. The molecule has 12 heteroatoms. The van der Waals surface area contributed by atoms with Gasteiger partial charge in [0.2, 0.25) is 5.75 Å². The molecule has 0 saturated carbocycles. The fourth-order valence-corrected chi connectivity index (χ4v) is 5.43. The van der Waals surface area contributed by atoms with Gasteiger partial charge in [-0.05, 0) is 43.2 Å². The number of likely N-dealkylation sites (tertiary alicyclic amines) is 1. The Bertz CT molecular complexity index is 1440. The van der Waals surface area contributed by atoms with E-state index in [1.807, 2.05) is 4.90 Å². The van der Waals surface area contributed by atoms with Crippen LogP contribution in [0.5, 0.6) is 17.2 Å². The number of aromatic amines is 1. The van der Waals surface area contributed by atoms with E-state index in [1.165, 1.54) is 32.7 Å². The Labute approximate surface area is 216 Å². The molecule has 1 fully saturated rings. The highest BCUT2D eigenvalue weighted by molar-refractivity contribution is 7.10. The Kier molecular flexibility index (Phi) is 6.91. The fourth-order valence-electron chi connectivity index (χ4n) is 4.46. The van der Waals surface area contributed by atoms with E-state index >= 15 is 0 Å². The predicted molar refractivity (Wildman–Crippen MR) is 138 cm³/mol. The number of rotatable bonds is 7. The van der Waals surface area contributed by atoms with Crippen molar-refractivity contribution in [1.29, 1.82) is 0 Å². The van der Waals surface area contributed by atoms with Crippen molar-refractivity contribution < 1.29 is 23.8 Å². The Morgan fingerprint density at radius 3 is 2.49 bits per heavy atom. The number of hydrogen-bond donors (Lipinski definition) is 2. The molecule has 37 heavy (non-hydrogen) atoms. The maximum Gasteiger partial charge on any atom is 0.275 e. The summed E-state index contributed by atoms with van der Waals surface area (Å²) in [5.74, 6) is 1.01. The Hall–Kier alpha value is -4.19. The van der Waals surface area contributed by atoms with Crippen LogP contribution in [0.3, 0.4) is 0 Å². The van der Waals surface area contributed by atoms with Gasteiger partial charge in [-0.1, -0.05) is 0 Å². The number of carbonyl (C=O) groups excluding carboxylic acids is 2. The molecule has 3 heterocycles. The third-order valence-electron chi connectivity index (χ3n) is 6.39. The molecule has 11 nitrogen and oxygen atoms in total. The number of fused-ring (bicyclic) bond motifs is 1. The largest absolute Gasteiger partial charge is 0.493 e. The molecule has 2 amide bonds. The maximum atomic E-state index is 13.3. The van der Waals surface area contributed by atoms with Gasteiger partial charge < -0.3 is 24.4 Å². The van der Waals surface area contributed by atoms with E-state index in [0.717, 1.165) is 23.4 Å². The van der Waals surface area contributed by atoms with Crippen LogP contribution in [0, 0.1) is 0 Å². The lowest BCUT2D eigenvalue weighted by molar-refractivity contribution is 0.0708. The second-order valence-corrected chi connectivity index (χ2v) is 9.39. The van der Waals surface area contributed by atoms with Gasteiger partial charge in [0.15, 0.2) is 11.5 Å². The van der Waals surface area contributed by atoms with Crippen LogP contribution in [0.2, 0.25) is 0 Å². The molecule has 1 saturated heterocycles. The fraction of sp³-hybridized carbons (Fsp3) is 0.320. The number of ether oxygens (including phenoxy) is 3. The number of carbonyl (C=O) groups is 2. The lowest BCUT2D eigenvalue weighted by Gasteiger charge is -2.31. The highest BCUT2D eigenvalue weighted by Gasteiger charge is 2.30. The van der Waals surface area contributed by atoms with Crippen LogP contribution in [0.25, 0.3) is 11.0 Å². The number of benzene rings is 2. The summed E-state index contributed by atoms with van der Waals surface area (Å²) in [6, 6.07) is 8.71. The standard InChI is InChI=1S/C25H26N6O5S/c1-34-20-7-5-16(21(35-2)22(20)36-3)25(33)31-10-8-14(9-11-31)24-27-19(13-37-24)23(32)26-15-4-6-17-18(12-15)29-30-28-17/h4-7,12-14H,8-11H2,1-3H3,(H,26,32)(H,28,29,30). The topological polar surface area (TPSA) is 132 Å². The molecule has 2 aromatic carbocycles. The molecule has 0 atom stereocenters. The Morgan fingerprint density at radius 2 is 1.76 bits per heavy atom. The summed E-state index contributed by atoms with van der Waals surface area (Å²) in [6.45, 7) is 1.14. The highest BCUT2D eigenvalue weighted by Crippen LogP contribution is 2.41. The summed E-state index contributed by atoms with van der Waals surface area (Å²) in [7, 11) is 4.55. The van der Waals surface area contributed by atoms with Crippen LogP contribution in [-0.4, -0.2) is 71.5 Å². The smallest absolute Gasteiger partial charge is 0.275 e. The van der Waals surface area contributed by atoms with Crippen LogP contribution < -0.4 is 19.5 Å². The molecule has 1 aliphatic rings. The van der Waals surface area contributed by atoms with Crippen LogP contribution in [0.4, 0.5) is 5.69 Å². The predicted octanol–water partition coefficient (Wildman–Crippen LogP) is 3.71. The first-order valence-corrected chi connectivity index (χ1v) is 12.6. The van der Waals surface area contributed by atoms with Crippen molar-refractivity contribution in [2.45, 2.75) is 18.8 Å². The zero-order chi connectivity index (χ0) is 25.9. The van der Waals surface area contributed by atoms with Crippen molar-refractivity contribution in [2.75, 3.05) is 39.7 Å². The van der Waals surface area contributed by atoms with E-state index in [1.54, 1.807) is 35.7 Å². The number of nitrogens with zero attached hydrogens (tertiary/aromatic N) is 4. The van der Waals surface area contributed by atoms with E-state index < -0.39 is 0 Å². The van der Waals surface area contributed by atoms with Crippen molar-refractivity contribution in [1.82, 2.24) is 25.3 Å². The molecule has 0 bridgehead atoms. The van der Waals surface area contributed by atoms with Crippen LogP contribution in [-0.2, 0) is 0 Å². The monoisotopic (exact) mass is 522 g/mol.